The third-order valence-corrected chi connectivity index (χ3v) is 5.70. The Kier molecular flexibility index (Phi) is 5.28. The van der Waals surface area contributed by atoms with Gasteiger partial charge in [-0.2, -0.15) is 5.10 Å². The molecule has 1 aromatic carbocycles. The van der Waals surface area contributed by atoms with Crippen molar-refractivity contribution in [3.05, 3.63) is 39.6 Å². The predicted molar refractivity (Wildman–Crippen MR) is 99.5 cm³/mol. The van der Waals surface area contributed by atoms with Crippen LogP contribution in [0, 0.1) is 40.0 Å². The first kappa shape index (κ1) is 19.7. The molecule has 0 saturated carbocycles. The Morgan fingerprint density at radius 3 is 2.42 bits per heavy atom. The third-order valence-electron chi connectivity index (χ3n) is 4.33. The second-order valence-corrected chi connectivity index (χ2v) is 8.26. The van der Waals surface area contributed by atoms with Crippen LogP contribution >= 0.6 is 0 Å². The lowest BCUT2D eigenvalue weighted by Crippen LogP contribution is -2.12. The lowest BCUT2D eigenvalue weighted by molar-refractivity contribution is 0.103. The van der Waals surface area contributed by atoms with Gasteiger partial charge in [0.25, 0.3) is 0 Å². The Morgan fingerprint density at radius 1 is 1.27 bits per heavy atom. The third kappa shape index (κ3) is 3.37. The van der Waals surface area contributed by atoms with E-state index in [1.54, 1.807) is 40.8 Å². The van der Waals surface area contributed by atoms with Crippen molar-refractivity contribution in [2.45, 2.75) is 32.6 Å². The first-order valence-corrected chi connectivity index (χ1v) is 9.85. The quantitative estimate of drug-likeness (QED) is 0.593. The summed E-state index contributed by atoms with van der Waals surface area (Å²) in [6.45, 7) is 6.87. The number of ether oxygens (including phenoxy) is 1. The zero-order chi connectivity index (χ0) is 19.8. The molecule has 0 spiro atoms. The second kappa shape index (κ2) is 6.96. The topological polar surface area (TPSA) is 78.3 Å². The van der Waals surface area contributed by atoms with E-state index in [1.165, 1.54) is 10.9 Å². The van der Waals surface area contributed by atoms with Crippen LogP contribution in [0.25, 0.3) is 0 Å². The van der Waals surface area contributed by atoms with Gasteiger partial charge in [-0.1, -0.05) is 5.92 Å². The smallest absolute Gasteiger partial charge is 0.224 e. The summed E-state index contributed by atoms with van der Waals surface area (Å²) in [6, 6.07) is 1.61. The summed E-state index contributed by atoms with van der Waals surface area (Å²) in [5.41, 5.74) is 3.00. The Labute approximate surface area is 154 Å². The van der Waals surface area contributed by atoms with Crippen molar-refractivity contribution in [2.24, 2.45) is 7.05 Å². The molecule has 0 bridgehead atoms. The predicted octanol–water partition coefficient (Wildman–Crippen LogP) is 2.30. The van der Waals surface area contributed by atoms with Crippen LogP contribution in [0.15, 0.2) is 11.0 Å². The number of aryl methyl sites for hydroxylation is 3. The van der Waals surface area contributed by atoms with Gasteiger partial charge in [-0.15, -0.1) is 6.42 Å². The number of terminal acetylenes is 1. The van der Waals surface area contributed by atoms with E-state index in [-0.39, 0.29) is 17.3 Å². The monoisotopic (exact) mass is 374 g/mol. The van der Waals surface area contributed by atoms with Crippen LogP contribution in [0.1, 0.15) is 38.3 Å². The molecule has 0 radical (unpaired) electrons. The zero-order valence-corrected chi connectivity index (χ0v) is 16.6. The highest BCUT2D eigenvalue weighted by Gasteiger charge is 2.27. The van der Waals surface area contributed by atoms with Gasteiger partial charge in [0.05, 0.1) is 10.6 Å². The van der Waals surface area contributed by atoms with Crippen molar-refractivity contribution in [3.8, 4) is 18.2 Å². The highest BCUT2D eigenvalue weighted by Crippen LogP contribution is 2.30. The van der Waals surface area contributed by atoms with Crippen molar-refractivity contribution in [3.63, 3.8) is 0 Å². The lowest BCUT2D eigenvalue weighted by atomic mass is 9.94. The van der Waals surface area contributed by atoms with Gasteiger partial charge in [0.1, 0.15) is 5.56 Å². The van der Waals surface area contributed by atoms with Crippen molar-refractivity contribution >= 4 is 15.6 Å². The number of rotatable bonds is 5. The van der Waals surface area contributed by atoms with Gasteiger partial charge >= 0.3 is 0 Å². The van der Waals surface area contributed by atoms with Crippen LogP contribution in [-0.4, -0.2) is 36.8 Å². The van der Waals surface area contributed by atoms with Crippen LogP contribution in [-0.2, 0) is 16.9 Å². The summed E-state index contributed by atoms with van der Waals surface area (Å²) in [4.78, 5) is 13.5. The summed E-state index contributed by atoms with van der Waals surface area (Å²) in [7, 11) is -1.72. The molecule has 2 aromatic rings. The molecule has 0 saturated heterocycles. The highest BCUT2D eigenvalue weighted by molar-refractivity contribution is 7.90. The number of ketones is 1. The molecule has 0 aliphatic carbocycles. The molecule has 1 aromatic heterocycles. The summed E-state index contributed by atoms with van der Waals surface area (Å²) < 4.78 is 31.1. The fraction of sp³-hybridized carbons (Fsp3) is 0.368. The van der Waals surface area contributed by atoms with Crippen LogP contribution in [0.3, 0.4) is 0 Å². The Morgan fingerprint density at radius 2 is 1.88 bits per heavy atom. The minimum atomic E-state index is -3.39. The Bertz CT molecular complexity index is 1040. The molecule has 0 aliphatic rings. The van der Waals surface area contributed by atoms with E-state index in [1.807, 2.05) is 0 Å². The van der Waals surface area contributed by atoms with E-state index in [9.17, 15) is 13.2 Å². The Balaban J connectivity index is 2.69. The van der Waals surface area contributed by atoms with Crippen molar-refractivity contribution in [2.75, 3.05) is 12.9 Å². The molecule has 138 valence electrons. The molecule has 0 aliphatic heterocycles. The molecule has 0 unspecified atom stereocenters. The second-order valence-electron chi connectivity index (χ2n) is 6.30. The largest absolute Gasteiger partial charge is 0.464 e. The summed E-state index contributed by atoms with van der Waals surface area (Å²) in [6.07, 6.45) is 6.41. The fourth-order valence-electron chi connectivity index (χ4n) is 3.17. The molecule has 26 heavy (non-hydrogen) atoms. The van der Waals surface area contributed by atoms with Gasteiger partial charge in [-0.3, -0.25) is 4.79 Å². The molecular formula is C19H22N2O4S. The molecular weight excluding hydrogens is 352 g/mol. The number of benzene rings is 1. The standard InChI is InChI=1S/C19H22N2O4S/c1-8-9-25-19-16(14(5)20-21(19)6)17(22)15-10-11(2)18(26(7,23)24)13(4)12(15)3/h1,10H,9H2,2-7H3. The normalized spacial score (nSPS) is 11.3. The van der Waals surface area contributed by atoms with Crippen molar-refractivity contribution < 1.29 is 17.9 Å². The maximum atomic E-state index is 13.2. The van der Waals surface area contributed by atoms with Crippen molar-refractivity contribution in [1.29, 1.82) is 0 Å². The molecule has 0 amide bonds. The van der Waals surface area contributed by atoms with Crippen molar-refractivity contribution in [1.82, 2.24) is 9.78 Å². The molecule has 0 N–H and O–H groups in total. The van der Waals surface area contributed by atoms with E-state index >= 15 is 0 Å². The number of carbonyl (C=O) groups is 1. The first-order chi connectivity index (χ1) is 12.0. The Hall–Kier alpha value is -2.59. The molecule has 1 heterocycles. The number of hydrogen-bond acceptors (Lipinski definition) is 5. The maximum Gasteiger partial charge on any atom is 0.224 e. The van der Waals surface area contributed by atoms with Gasteiger partial charge in [-0.05, 0) is 50.5 Å². The van der Waals surface area contributed by atoms with Crippen LogP contribution in [0.5, 0.6) is 5.88 Å². The van der Waals surface area contributed by atoms with Crippen LogP contribution in [0.2, 0.25) is 0 Å². The molecule has 6 nitrogen and oxygen atoms in total. The summed E-state index contributed by atoms with van der Waals surface area (Å²) in [5.74, 6) is 2.40. The average molecular weight is 374 g/mol. The first-order valence-electron chi connectivity index (χ1n) is 7.96. The van der Waals surface area contributed by atoms with E-state index in [0.717, 1.165) is 0 Å². The van der Waals surface area contributed by atoms with Gasteiger partial charge in [-0.25, -0.2) is 13.1 Å². The number of sulfone groups is 1. The molecule has 0 fully saturated rings. The molecule has 0 atom stereocenters. The lowest BCUT2D eigenvalue weighted by Gasteiger charge is -2.15. The average Bonchev–Trinajstić information content (AvgIpc) is 2.80. The highest BCUT2D eigenvalue weighted by atomic mass is 32.2. The van der Waals surface area contributed by atoms with E-state index in [4.69, 9.17) is 11.2 Å². The van der Waals surface area contributed by atoms with Gasteiger partial charge in [0, 0.05) is 18.9 Å². The minimum Gasteiger partial charge on any atom is -0.464 e. The SMILES string of the molecule is C#CCOc1c(C(=O)c2cc(C)c(S(C)(=O)=O)c(C)c2C)c(C)nn1C. The van der Waals surface area contributed by atoms with E-state index in [0.29, 0.717) is 39.4 Å². The number of hydrogen-bond donors (Lipinski definition) is 0. The summed E-state index contributed by atoms with van der Waals surface area (Å²) in [5, 5.41) is 4.25. The number of nitrogens with zero attached hydrogens (tertiary/aromatic N) is 2. The summed E-state index contributed by atoms with van der Waals surface area (Å²) >= 11 is 0. The molecule has 7 heteroatoms. The van der Waals surface area contributed by atoms with Gasteiger partial charge in [0.2, 0.25) is 11.7 Å². The van der Waals surface area contributed by atoms with Crippen LogP contribution < -0.4 is 4.74 Å². The zero-order valence-electron chi connectivity index (χ0n) is 15.8. The minimum absolute atomic E-state index is 0.0172. The number of carbonyl (C=O) groups excluding carboxylic acids is 1. The van der Waals surface area contributed by atoms with Gasteiger partial charge in [0.15, 0.2) is 16.4 Å². The van der Waals surface area contributed by atoms with Gasteiger partial charge < -0.3 is 4.74 Å². The van der Waals surface area contributed by atoms with Crippen LogP contribution in [0.4, 0.5) is 0 Å². The fourth-order valence-corrected chi connectivity index (χ4v) is 4.53. The van der Waals surface area contributed by atoms with E-state index < -0.39 is 9.84 Å². The maximum absolute atomic E-state index is 13.2. The van der Waals surface area contributed by atoms with E-state index in [2.05, 4.69) is 11.0 Å². The molecule has 2 rings (SSSR count). The number of aromatic nitrogens is 2.